The van der Waals surface area contributed by atoms with E-state index in [9.17, 15) is 4.79 Å². The minimum absolute atomic E-state index is 0.0740. The number of furan rings is 1. The van der Waals surface area contributed by atoms with Gasteiger partial charge in [-0.05, 0) is 34.1 Å². The Morgan fingerprint density at radius 1 is 0.905 bits per heavy atom. The molecule has 0 aliphatic heterocycles. The molecule has 0 radical (unpaired) electrons. The van der Waals surface area contributed by atoms with Crippen LogP contribution in [-0.2, 0) is 0 Å². The lowest BCUT2D eigenvalue weighted by Gasteiger charge is -2.07. The summed E-state index contributed by atoms with van der Waals surface area (Å²) < 4.78 is 7.77. The highest BCUT2D eigenvalue weighted by atomic mass is 79.9. The van der Waals surface area contributed by atoms with E-state index in [-0.39, 0.29) is 5.91 Å². The fourth-order valence-electron chi connectivity index (χ4n) is 2.67. The van der Waals surface area contributed by atoms with Gasteiger partial charge < -0.3 is 4.42 Å². The number of carbonyl (C=O) groups is 1. The van der Waals surface area contributed by atoms with E-state index in [2.05, 4.69) is 15.9 Å². The number of hydrogen-bond donors (Lipinski definition) is 0. The van der Waals surface area contributed by atoms with Crippen LogP contribution in [0.25, 0.3) is 21.8 Å². The van der Waals surface area contributed by atoms with E-state index >= 15 is 0 Å². The summed E-state index contributed by atoms with van der Waals surface area (Å²) in [4.78, 5) is 12.9. The second-order valence-corrected chi connectivity index (χ2v) is 5.66. The van der Waals surface area contributed by atoms with E-state index in [4.69, 9.17) is 4.42 Å². The molecule has 0 amide bonds. The molecule has 4 aromatic rings. The first kappa shape index (κ1) is 12.4. The Balaban J connectivity index is 2.07. The van der Waals surface area contributed by atoms with Gasteiger partial charge in [-0.3, -0.25) is 9.36 Å². The van der Waals surface area contributed by atoms with Gasteiger partial charge >= 0.3 is 0 Å². The minimum Gasteiger partial charge on any atom is -0.470 e. The maximum absolute atomic E-state index is 12.9. The highest BCUT2D eigenvalue weighted by molar-refractivity contribution is 9.10. The van der Waals surface area contributed by atoms with Gasteiger partial charge in [-0.25, -0.2) is 0 Å². The maximum Gasteiger partial charge on any atom is 0.264 e. The molecule has 0 saturated heterocycles. The fraction of sp³-hybridized carbons (Fsp3) is 0. The Morgan fingerprint density at radius 2 is 1.67 bits per heavy atom. The van der Waals surface area contributed by atoms with Crippen LogP contribution in [0.2, 0.25) is 0 Å². The van der Waals surface area contributed by atoms with Gasteiger partial charge in [0.15, 0.2) is 0 Å². The molecule has 2 aromatic heterocycles. The van der Waals surface area contributed by atoms with E-state index in [1.165, 1.54) is 0 Å². The molecular formula is C17H10BrNO2. The number of fused-ring (bicyclic) bond motifs is 3. The molecule has 4 heteroatoms. The molecule has 0 spiro atoms. The largest absolute Gasteiger partial charge is 0.470 e. The van der Waals surface area contributed by atoms with Crippen molar-refractivity contribution in [3.05, 3.63) is 71.1 Å². The highest BCUT2D eigenvalue weighted by Gasteiger charge is 2.19. The summed E-state index contributed by atoms with van der Waals surface area (Å²) in [5, 5.41) is 1.97. The second-order valence-electron chi connectivity index (χ2n) is 4.81. The number of benzene rings is 2. The zero-order valence-corrected chi connectivity index (χ0v) is 12.5. The lowest BCUT2D eigenvalue weighted by molar-refractivity contribution is 0.0968. The Kier molecular flexibility index (Phi) is 2.72. The van der Waals surface area contributed by atoms with Crippen LogP contribution in [0.15, 0.2) is 69.9 Å². The van der Waals surface area contributed by atoms with Crippen LogP contribution in [-0.4, -0.2) is 10.5 Å². The van der Waals surface area contributed by atoms with Crippen LogP contribution in [0.3, 0.4) is 0 Å². The fourth-order valence-corrected chi connectivity index (χ4v) is 3.12. The molecule has 0 aliphatic carbocycles. The molecule has 0 unspecified atom stereocenters. The van der Waals surface area contributed by atoms with E-state index in [0.717, 1.165) is 26.3 Å². The van der Waals surface area contributed by atoms with Crippen LogP contribution < -0.4 is 0 Å². The van der Waals surface area contributed by atoms with E-state index in [1.54, 1.807) is 17.1 Å². The molecule has 21 heavy (non-hydrogen) atoms. The number of rotatable bonds is 1. The minimum atomic E-state index is -0.0740. The first-order valence-corrected chi connectivity index (χ1v) is 7.31. The molecule has 4 rings (SSSR count). The molecule has 0 saturated carbocycles. The van der Waals surface area contributed by atoms with Gasteiger partial charge in [0.25, 0.3) is 5.91 Å². The Bertz CT molecular complexity index is 981. The average Bonchev–Trinajstić information content (AvgIpc) is 3.07. The summed E-state index contributed by atoms with van der Waals surface area (Å²) in [6.07, 6.45) is 3.30. The summed E-state index contributed by atoms with van der Waals surface area (Å²) in [7, 11) is 0. The van der Waals surface area contributed by atoms with Gasteiger partial charge in [0, 0.05) is 15.2 Å². The smallest absolute Gasteiger partial charge is 0.264 e. The molecular weight excluding hydrogens is 330 g/mol. The number of aromatic nitrogens is 1. The summed E-state index contributed by atoms with van der Waals surface area (Å²) in [5.74, 6) is -0.0740. The van der Waals surface area contributed by atoms with Crippen LogP contribution in [0, 0.1) is 0 Å². The van der Waals surface area contributed by atoms with Crippen molar-refractivity contribution < 1.29 is 9.21 Å². The van der Waals surface area contributed by atoms with Crippen molar-refractivity contribution in [1.29, 1.82) is 0 Å². The first-order valence-electron chi connectivity index (χ1n) is 6.52. The van der Waals surface area contributed by atoms with E-state index in [1.807, 2.05) is 48.5 Å². The molecule has 0 aliphatic rings. The molecule has 0 N–H and O–H groups in total. The summed E-state index contributed by atoms with van der Waals surface area (Å²) in [6, 6.07) is 15.3. The quantitative estimate of drug-likeness (QED) is 0.497. The normalized spacial score (nSPS) is 11.3. The van der Waals surface area contributed by atoms with Gasteiger partial charge in [-0.2, -0.15) is 0 Å². The molecule has 3 nitrogen and oxygen atoms in total. The zero-order chi connectivity index (χ0) is 14.4. The van der Waals surface area contributed by atoms with Gasteiger partial charge in [-0.1, -0.05) is 30.3 Å². The van der Waals surface area contributed by atoms with Crippen molar-refractivity contribution in [3.63, 3.8) is 0 Å². The lowest BCUT2D eigenvalue weighted by atomic mass is 10.2. The van der Waals surface area contributed by atoms with Crippen molar-refractivity contribution >= 4 is 43.6 Å². The van der Waals surface area contributed by atoms with Gasteiger partial charge in [-0.15, -0.1) is 0 Å². The number of carbonyl (C=O) groups excluding carboxylic acids is 1. The molecule has 0 atom stereocenters. The standard InChI is InChI=1S/C17H10BrNO2/c18-14-7-3-1-6-12(14)17(20)19-15-8-4-2-5-11(15)13-9-21-10-16(13)19/h1-10H. The second kappa shape index (κ2) is 4.60. The van der Waals surface area contributed by atoms with Gasteiger partial charge in [0.1, 0.15) is 12.5 Å². The number of nitrogens with zero attached hydrogens (tertiary/aromatic N) is 1. The van der Waals surface area contributed by atoms with Gasteiger partial charge in [0.2, 0.25) is 0 Å². The third-order valence-corrected chi connectivity index (χ3v) is 4.32. The highest BCUT2D eigenvalue weighted by Crippen LogP contribution is 2.31. The number of halogens is 1. The monoisotopic (exact) mass is 339 g/mol. The third-order valence-electron chi connectivity index (χ3n) is 3.62. The maximum atomic E-state index is 12.9. The van der Waals surface area contributed by atoms with Crippen molar-refractivity contribution in [2.24, 2.45) is 0 Å². The Labute approximate surface area is 128 Å². The number of hydrogen-bond acceptors (Lipinski definition) is 2. The molecule has 2 aromatic carbocycles. The third kappa shape index (κ3) is 1.76. The van der Waals surface area contributed by atoms with Crippen molar-refractivity contribution in [1.82, 2.24) is 4.57 Å². The van der Waals surface area contributed by atoms with E-state index < -0.39 is 0 Å². The summed E-state index contributed by atoms with van der Waals surface area (Å²) in [5.41, 5.74) is 2.30. The van der Waals surface area contributed by atoms with Crippen LogP contribution in [0.4, 0.5) is 0 Å². The predicted octanol–water partition coefficient (Wildman–Crippen LogP) is 4.84. The van der Waals surface area contributed by atoms with Crippen LogP contribution in [0.5, 0.6) is 0 Å². The molecule has 102 valence electrons. The van der Waals surface area contributed by atoms with E-state index in [0.29, 0.717) is 5.56 Å². The lowest BCUT2D eigenvalue weighted by Crippen LogP contribution is -2.11. The van der Waals surface area contributed by atoms with Crippen molar-refractivity contribution in [2.45, 2.75) is 0 Å². The molecule has 0 fully saturated rings. The molecule has 0 bridgehead atoms. The summed E-state index contributed by atoms with van der Waals surface area (Å²) >= 11 is 3.44. The van der Waals surface area contributed by atoms with Gasteiger partial charge in [0.05, 0.1) is 16.6 Å². The van der Waals surface area contributed by atoms with Crippen molar-refractivity contribution in [2.75, 3.05) is 0 Å². The first-order chi connectivity index (χ1) is 10.3. The molecule has 2 heterocycles. The SMILES string of the molecule is O=C(c1ccccc1Br)n1c2ccccc2c2cocc21. The number of para-hydroxylation sites is 1. The Hall–Kier alpha value is -2.33. The van der Waals surface area contributed by atoms with Crippen LogP contribution in [0.1, 0.15) is 10.4 Å². The summed E-state index contributed by atoms with van der Waals surface area (Å²) in [6.45, 7) is 0. The van der Waals surface area contributed by atoms with Crippen molar-refractivity contribution in [3.8, 4) is 0 Å². The Morgan fingerprint density at radius 3 is 2.52 bits per heavy atom. The predicted molar refractivity (Wildman–Crippen MR) is 85.6 cm³/mol. The zero-order valence-electron chi connectivity index (χ0n) is 10.9. The topological polar surface area (TPSA) is 35.1 Å². The average molecular weight is 340 g/mol. The van der Waals surface area contributed by atoms with Crippen LogP contribution >= 0.6 is 15.9 Å².